The number of amides is 1. The van der Waals surface area contributed by atoms with Crippen molar-refractivity contribution in [3.63, 3.8) is 0 Å². The molecule has 0 saturated carbocycles. The van der Waals surface area contributed by atoms with Gasteiger partial charge in [-0.25, -0.2) is 9.37 Å². The van der Waals surface area contributed by atoms with Crippen molar-refractivity contribution in [3.05, 3.63) is 72.0 Å². The van der Waals surface area contributed by atoms with E-state index in [1.807, 2.05) is 30.3 Å². The molecule has 0 aliphatic heterocycles. The number of thiazole rings is 1. The van der Waals surface area contributed by atoms with E-state index in [1.54, 1.807) is 41.3 Å². The van der Waals surface area contributed by atoms with Crippen molar-refractivity contribution in [2.24, 2.45) is 0 Å². The lowest BCUT2D eigenvalue weighted by atomic mass is 10.2. The van der Waals surface area contributed by atoms with Crippen molar-refractivity contribution >= 4 is 34.1 Å². The summed E-state index contributed by atoms with van der Waals surface area (Å²) in [6.07, 6.45) is 1.63. The second-order valence-corrected chi connectivity index (χ2v) is 8.25. The summed E-state index contributed by atoms with van der Waals surface area (Å²) < 4.78 is 16.2. The molecule has 2 aromatic carbocycles. The zero-order valence-corrected chi connectivity index (χ0v) is 17.0. The van der Waals surface area contributed by atoms with Crippen LogP contribution < -0.4 is 5.32 Å². The van der Waals surface area contributed by atoms with Crippen molar-refractivity contribution in [2.75, 3.05) is 5.32 Å². The van der Waals surface area contributed by atoms with Crippen LogP contribution in [0.25, 0.3) is 17.1 Å². The zero-order chi connectivity index (χ0) is 20.2. The highest BCUT2D eigenvalue weighted by molar-refractivity contribution is 8.00. The Kier molecular flexibility index (Phi) is 5.68. The van der Waals surface area contributed by atoms with Crippen LogP contribution in [0.4, 0.5) is 9.52 Å². The predicted octanol–water partition coefficient (Wildman–Crippen LogP) is 4.65. The molecule has 1 N–H and O–H groups in total. The lowest BCUT2D eigenvalue weighted by Crippen LogP contribution is -2.22. The largest absolute Gasteiger partial charge is 0.301 e. The number of aromatic nitrogens is 4. The van der Waals surface area contributed by atoms with Gasteiger partial charge in [0.1, 0.15) is 5.82 Å². The number of para-hydroxylation sites is 1. The minimum absolute atomic E-state index is 0.194. The van der Waals surface area contributed by atoms with E-state index < -0.39 is 5.25 Å². The average molecular weight is 426 g/mol. The Balaban J connectivity index is 1.68. The SMILES string of the molecule is CC(Sc1nnc(-c2ccccc2F)n1-c1ccccc1)C(=O)Nc1nccs1. The normalized spacial score (nSPS) is 11.9. The van der Waals surface area contributed by atoms with E-state index in [0.29, 0.717) is 21.7 Å². The minimum atomic E-state index is -0.459. The van der Waals surface area contributed by atoms with Gasteiger partial charge >= 0.3 is 0 Å². The highest BCUT2D eigenvalue weighted by atomic mass is 32.2. The smallest absolute Gasteiger partial charge is 0.239 e. The molecule has 0 bridgehead atoms. The van der Waals surface area contributed by atoms with E-state index in [2.05, 4.69) is 20.5 Å². The summed E-state index contributed by atoms with van der Waals surface area (Å²) in [6.45, 7) is 1.78. The van der Waals surface area contributed by atoms with Gasteiger partial charge in [0.2, 0.25) is 5.91 Å². The molecule has 0 fully saturated rings. The van der Waals surface area contributed by atoms with Crippen LogP contribution in [0, 0.1) is 5.82 Å². The quantitative estimate of drug-likeness (QED) is 0.455. The first-order valence-electron chi connectivity index (χ1n) is 8.76. The summed E-state index contributed by atoms with van der Waals surface area (Å²) in [4.78, 5) is 16.6. The van der Waals surface area contributed by atoms with Crippen molar-refractivity contribution in [2.45, 2.75) is 17.3 Å². The zero-order valence-electron chi connectivity index (χ0n) is 15.3. The molecule has 2 aromatic heterocycles. The average Bonchev–Trinajstić information content (AvgIpc) is 3.39. The lowest BCUT2D eigenvalue weighted by molar-refractivity contribution is -0.115. The topological polar surface area (TPSA) is 72.7 Å². The van der Waals surface area contributed by atoms with Crippen LogP contribution in [0.1, 0.15) is 6.92 Å². The number of anilines is 1. The molecule has 9 heteroatoms. The van der Waals surface area contributed by atoms with E-state index in [-0.39, 0.29) is 11.7 Å². The Morgan fingerprint density at radius 3 is 2.62 bits per heavy atom. The van der Waals surface area contributed by atoms with Crippen LogP contribution in [0.3, 0.4) is 0 Å². The fourth-order valence-electron chi connectivity index (χ4n) is 2.68. The second-order valence-electron chi connectivity index (χ2n) is 6.04. The van der Waals surface area contributed by atoms with Gasteiger partial charge in [0.25, 0.3) is 0 Å². The maximum Gasteiger partial charge on any atom is 0.239 e. The number of halogens is 1. The standard InChI is InChI=1S/C20H16FN5OS2/c1-13(18(27)23-19-22-11-12-28-19)29-20-25-24-17(15-9-5-6-10-16(15)21)26(20)14-7-3-2-4-8-14/h2-13H,1H3,(H,22,23,27). The second kappa shape index (κ2) is 8.54. The molecule has 0 aliphatic carbocycles. The molecule has 1 atom stereocenters. The van der Waals surface area contributed by atoms with Crippen molar-refractivity contribution < 1.29 is 9.18 Å². The molecule has 1 amide bonds. The molecular weight excluding hydrogens is 409 g/mol. The van der Waals surface area contributed by atoms with Gasteiger partial charge in [0.15, 0.2) is 16.1 Å². The van der Waals surface area contributed by atoms with E-state index >= 15 is 0 Å². The Labute approximate surface area is 174 Å². The first-order chi connectivity index (χ1) is 14.1. The number of nitrogens with one attached hydrogen (secondary N) is 1. The van der Waals surface area contributed by atoms with Crippen molar-refractivity contribution in [1.82, 2.24) is 19.7 Å². The summed E-state index contributed by atoms with van der Waals surface area (Å²) in [5.41, 5.74) is 1.13. The van der Waals surface area contributed by atoms with Crippen molar-refractivity contribution in [3.8, 4) is 17.1 Å². The predicted molar refractivity (Wildman–Crippen MR) is 113 cm³/mol. The van der Waals surface area contributed by atoms with Gasteiger partial charge in [0.05, 0.1) is 10.8 Å². The Bertz CT molecular complexity index is 1120. The summed E-state index contributed by atoms with van der Waals surface area (Å²) in [7, 11) is 0. The molecular formula is C20H16FN5OS2. The number of hydrogen-bond acceptors (Lipinski definition) is 6. The Morgan fingerprint density at radius 2 is 1.90 bits per heavy atom. The maximum atomic E-state index is 14.4. The molecule has 2 heterocycles. The van der Waals surface area contributed by atoms with E-state index in [4.69, 9.17) is 0 Å². The van der Waals surface area contributed by atoms with Crippen LogP contribution in [-0.4, -0.2) is 30.9 Å². The van der Waals surface area contributed by atoms with Crippen LogP contribution in [0.15, 0.2) is 71.3 Å². The van der Waals surface area contributed by atoms with Gasteiger partial charge in [0, 0.05) is 17.3 Å². The third-order valence-corrected chi connectivity index (χ3v) is 5.81. The molecule has 29 heavy (non-hydrogen) atoms. The Morgan fingerprint density at radius 1 is 1.14 bits per heavy atom. The third-order valence-electron chi connectivity index (χ3n) is 4.08. The monoisotopic (exact) mass is 425 g/mol. The number of hydrogen-bond donors (Lipinski definition) is 1. The maximum absolute atomic E-state index is 14.4. The molecule has 6 nitrogen and oxygen atoms in total. The van der Waals surface area contributed by atoms with Gasteiger partial charge in [-0.05, 0) is 31.2 Å². The number of carbonyl (C=O) groups is 1. The molecule has 0 spiro atoms. The molecule has 4 aromatic rings. The molecule has 4 rings (SSSR count). The number of carbonyl (C=O) groups excluding carboxylic acids is 1. The van der Waals surface area contributed by atoms with Crippen molar-refractivity contribution in [1.29, 1.82) is 0 Å². The van der Waals surface area contributed by atoms with Gasteiger partial charge in [-0.15, -0.1) is 21.5 Å². The summed E-state index contributed by atoms with van der Waals surface area (Å²) in [6, 6.07) is 15.9. The molecule has 1 unspecified atom stereocenters. The Hall–Kier alpha value is -3.04. The van der Waals surface area contributed by atoms with E-state index in [0.717, 1.165) is 5.69 Å². The van der Waals surface area contributed by atoms with Gasteiger partial charge < -0.3 is 5.32 Å². The molecule has 0 saturated heterocycles. The molecule has 0 aliphatic rings. The minimum Gasteiger partial charge on any atom is -0.301 e. The highest BCUT2D eigenvalue weighted by Crippen LogP contribution is 2.31. The molecule has 146 valence electrons. The molecule has 0 radical (unpaired) electrons. The van der Waals surface area contributed by atoms with Crippen LogP contribution >= 0.6 is 23.1 Å². The fraction of sp³-hybridized carbons (Fsp3) is 0.100. The third kappa shape index (κ3) is 4.20. The first-order valence-corrected chi connectivity index (χ1v) is 10.5. The highest BCUT2D eigenvalue weighted by Gasteiger charge is 2.23. The van der Waals surface area contributed by atoms with E-state index in [9.17, 15) is 9.18 Å². The van der Waals surface area contributed by atoms with Crippen LogP contribution in [0.2, 0.25) is 0 Å². The number of nitrogens with zero attached hydrogens (tertiary/aromatic N) is 4. The van der Waals surface area contributed by atoms with Crippen LogP contribution in [0.5, 0.6) is 0 Å². The van der Waals surface area contributed by atoms with Gasteiger partial charge in [-0.3, -0.25) is 9.36 Å². The lowest BCUT2D eigenvalue weighted by Gasteiger charge is -2.13. The number of rotatable bonds is 6. The summed E-state index contributed by atoms with van der Waals surface area (Å²) >= 11 is 2.60. The van der Waals surface area contributed by atoms with Gasteiger partial charge in [-0.2, -0.15) is 0 Å². The van der Waals surface area contributed by atoms with Crippen LogP contribution in [-0.2, 0) is 4.79 Å². The number of benzene rings is 2. The van der Waals surface area contributed by atoms with Gasteiger partial charge in [-0.1, -0.05) is 42.1 Å². The van der Waals surface area contributed by atoms with E-state index in [1.165, 1.54) is 29.2 Å². The summed E-state index contributed by atoms with van der Waals surface area (Å²) in [5.74, 6) is -0.201. The first kappa shape index (κ1) is 19.3. The fourth-order valence-corrected chi connectivity index (χ4v) is 4.08. The summed E-state index contributed by atoms with van der Waals surface area (Å²) in [5, 5.41) is 13.6. The number of thioether (sulfide) groups is 1.